The summed E-state index contributed by atoms with van der Waals surface area (Å²) in [6, 6.07) is 3.86. The number of carbonyl (C=O) groups excluding carboxylic acids is 2. The summed E-state index contributed by atoms with van der Waals surface area (Å²) in [6.45, 7) is 0. The molecule has 3 N–H and O–H groups in total. The number of thioether (sulfide) groups is 1. The molecular formula is C22H21ClF5N3O5S. The summed E-state index contributed by atoms with van der Waals surface area (Å²) in [4.78, 5) is 36.1. The fourth-order valence-electron chi connectivity index (χ4n) is 4.24. The molecule has 1 aromatic heterocycles. The van der Waals surface area contributed by atoms with E-state index in [1.54, 1.807) is 11.8 Å². The van der Waals surface area contributed by atoms with Crippen molar-refractivity contribution in [2.75, 3.05) is 11.1 Å². The van der Waals surface area contributed by atoms with Gasteiger partial charge in [-0.3, -0.25) is 4.79 Å². The molecule has 0 bridgehead atoms. The molecule has 8 nitrogen and oxygen atoms in total. The third-order valence-electron chi connectivity index (χ3n) is 5.85. The van der Waals surface area contributed by atoms with Crippen molar-refractivity contribution in [3.8, 4) is 5.95 Å². The molecule has 4 rings (SSSR count). The van der Waals surface area contributed by atoms with Gasteiger partial charge in [0.1, 0.15) is 11.4 Å². The molecule has 37 heavy (non-hydrogen) atoms. The SMILES string of the molecule is O=C(CCCC[C@@H]1SC[C@@H]2NC(=O)N[C@@H]21)Nc1ccc2c(Cl)c(OC(F)(F)CC(F)(F)F)oc(=O)c2c1. The molecule has 0 spiro atoms. The second-order valence-electron chi connectivity index (χ2n) is 8.70. The lowest BCUT2D eigenvalue weighted by Crippen LogP contribution is -2.36. The molecule has 15 heteroatoms. The van der Waals surface area contributed by atoms with E-state index in [1.807, 2.05) is 0 Å². The summed E-state index contributed by atoms with van der Waals surface area (Å²) in [5.41, 5.74) is -0.972. The van der Waals surface area contributed by atoms with E-state index in [0.29, 0.717) is 6.42 Å². The minimum absolute atomic E-state index is 0.0873. The Hall–Kier alpha value is -2.74. The number of benzene rings is 1. The molecule has 3 amide bonds. The van der Waals surface area contributed by atoms with Crippen molar-refractivity contribution in [2.45, 2.75) is 61.7 Å². The van der Waals surface area contributed by atoms with Gasteiger partial charge in [0.2, 0.25) is 5.91 Å². The van der Waals surface area contributed by atoms with Crippen molar-refractivity contribution in [3.05, 3.63) is 33.6 Å². The first kappa shape index (κ1) is 27.3. The van der Waals surface area contributed by atoms with Gasteiger partial charge in [-0.2, -0.15) is 33.7 Å². The van der Waals surface area contributed by atoms with Crippen molar-refractivity contribution in [3.63, 3.8) is 0 Å². The first-order chi connectivity index (χ1) is 17.3. The lowest BCUT2D eigenvalue weighted by molar-refractivity contribution is -0.259. The van der Waals surface area contributed by atoms with Gasteiger partial charge in [-0.25, -0.2) is 9.59 Å². The molecule has 0 saturated carbocycles. The Morgan fingerprint density at radius 1 is 1.16 bits per heavy atom. The first-order valence-corrected chi connectivity index (χ1v) is 12.6. The highest BCUT2D eigenvalue weighted by Gasteiger charge is 2.47. The summed E-state index contributed by atoms with van der Waals surface area (Å²) in [5, 5.41) is 7.77. The van der Waals surface area contributed by atoms with Crippen LogP contribution in [0.15, 0.2) is 27.4 Å². The highest BCUT2D eigenvalue weighted by atomic mass is 35.5. The number of anilines is 1. The van der Waals surface area contributed by atoms with Crippen LogP contribution in [0, 0.1) is 0 Å². The van der Waals surface area contributed by atoms with Crippen LogP contribution in [-0.2, 0) is 4.79 Å². The molecule has 1 aromatic carbocycles. The first-order valence-electron chi connectivity index (χ1n) is 11.2. The maximum absolute atomic E-state index is 13.6. The second kappa shape index (κ2) is 10.6. The van der Waals surface area contributed by atoms with Crippen molar-refractivity contribution < 1.29 is 40.7 Å². The lowest BCUT2D eigenvalue weighted by Gasteiger charge is -2.19. The number of hydrogen-bond acceptors (Lipinski definition) is 6. The number of carbonyl (C=O) groups is 2. The Bertz CT molecular complexity index is 1260. The predicted octanol–water partition coefficient (Wildman–Crippen LogP) is 5.03. The fourth-order valence-corrected chi connectivity index (χ4v) is 6.03. The number of nitrogens with one attached hydrogen (secondary N) is 3. The molecule has 202 valence electrons. The Balaban J connectivity index is 1.33. The van der Waals surface area contributed by atoms with Gasteiger partial charge in [0, 0.05) is 28.5 Å². The van der Waals surface area contributed by atoms with Crippen molar-refractivity contribution in [2.24, 2.45) is 0 Å². The van der Waals surface area contributed by atoms with Gasteiger partial charge >= 0.3 is 29.9 Å². The summed E-state index contributed by atoms with van der Waals surface area (Å²) in [6.07, 6.45) is -10.1. The number of alkyl halides is 5. The quantitative estimate of drug-likeness (QED) is 0.222. The summed E-state index contributed by atoms with van der Waals surface area (Å²) in [7, 11) is 0. The maximum atomic E-state index is 13.6. The number of halogens is 6. The molecule has 2 fully saturated rings. The van der Waals surface area contributed by atoms with Crippen LogP contribution in [0.5, 0.6) is 5.95 Å². The van der Waals surface area contributed by atoms with Crippen LogP contribution in [0.25, 0.3) is 10.8 Å². The average Bonchev–Trinajstić information content (AvgIpc) is 3.32. The minimum Gasteiger partial charge on any atom is -0.399 e. The van der Waals surface area contributed by atoms with Crippen LogP contribution < -0.4 is 26.3 Å². The maximum Gasteiger partial charge on any atom is 0.408 e. The topological polar surface area (TPSA) is 110 Å². The van der Waals surface area contributed by atoms with Crippen LogP contribution in [0.3, 0.4) is 0 Å². The smallest absolute Gasteiger partial charge is 0.399 e. The van der Waals surface area contributed by atoms with Gasteiger partial charge in [-0.1, -0.05) is 24.1 Å². The second-order valence-corrected chi connectivity index (χ2v) is 10.3. The predicted molar refractivity (Wildman–Crippen MR) is 126 cm³/mol. The fraction of sp³-hybridized carbons (Fsp3) is 0.500. The number of urea groups is 1. The summed E-state index contributed by atoms with van der Waals surface area (Å²) < 4.78 is 72.7. The number of ether oxygens (including phenoxy) is 1. The van der Waals surface area contributed by atoms with E-state index in [0.717, 1.165) is 18.6 Å². The molecule has 0 unspecified atom stereocenters. The molecular weight excluding hydrogens is 549 g/mol. The molecule has 2 aliphatic heterocycles. The lowest BCUT2D eigenvalue weighted by atomic mass is 10.0. The van der Waals surface area contributed by atoms with E-state index in [2.05, 4.69) is 25.1 Å². The van der Waals surface area contributed by atoms with E-state index in [9.17, 15) is 36.3 Å². The zero-order valence-corrected chi connectivity index (χ0v) is 20.5. The molecule has 0 radical (unpaired) electrons. The Morgan fingerprint density at radius 3 is 2.65 bits per heavy atom. The third-order valence-corrected chi connectivity index (χ3v) is 7.72. The Morgan fingerprint density at radius 2 is 1.92 bits per heavy atom. The normalized spacial score (nSPS) is 21.5. The van der Waals surface area contributed by atoms with Crippen LogP contribution in [0.2, 0.25) is 5.02 Å². The van der Waals surface area contributed by atoms with Crippen molar-refractivity contribution >= 4 is 51.8 Å². The molecule has 2 aromatic rings. The minimum atomic E-state index is -5.23. The highest BCUT2D eigenvalue weighted by Crippen LogP contribution is 2.38. The molecule has 3 atom stereocenters. The third kappa shape index (κ3) is 6.78. The van der Waals surface area contributed by atoms with Crippen LogP contribution in [0.4, 0.5) is 32.4 Å². The van der Waals surface area contributed by atoms with Gasteiger partial charge in [0.25, 0.3) is 0 Å². The van der Waals surface area contributed by atoms with Crippen LogP contribution in [0.1, 0.15) is 32.1 Å². The molecule has 2 saturated heterocycles. The van der Waals surface area contributed by atoms with Gasteiger partial charge in [-0.15, -0.1) is 0 Å². The highest BCUT2D eigenvalue weighted by molar-refractivity contribution is 8.00. The van der Waals surface area contributed by atoms with Crippen molar-refractivity contribution in [1.82, 2.24) is 10.6 Å². The Kier molecular flexibility index (Phi) is 7.79. The zero-order valence-electron chi connectivity index (χ0n) is 18.9. The van der Waals surface area contributed by atoms with E-state index < -0.39 is 35.3 Å². The van der Waals surface area contributed by atoms with E-state index in [1.165, 1.54) is 18.2 Å². The van der Waals surface area contributed by atoms with Gasteiger partial charge in [0.15, 0.2) is 0 Å². The number of unbranched alkanes of at least 4 members (excludes halogenated alkanes) is 1. The summed E-state index contributed by atoms with van der Waals surface area (Å²) in [5.74, 6) is -0.725. The standard InChI is InChI=1S/C22H21ClF5N3O5S/c23-16-11-6-5-10(7-12(11)18(33)35-19(16)36-22(27,28)9-21(24,25)26)29-15(32)4-2-1-3-14-17-13(8-37-14)30-20(34)31-17/h5-7,13-14,17H,1-4,8-9H2,(H,29,32)(H2,30,31,34)/t13-,14-,17-/m0/s1. The van der Waals surface area contributed by atoms with E-state index in [-0.39, 0.29) is 52.2 Å². The molecule has 3 heterocycles. The molecule has 0 aliphatic carbocycles. The summed E-state index contributed by atoms with van der Waals surface area (Å²) >= 11 is 7.72. The number of rotatable bonds is 9. The zero-order chi connectivity index (χ0) is 27.0. The van der Waals surface area contributed by atoms with Gasteiger partial charge in [0.05, 0.1) is 17.5 Å². The van der Waals surface area contributed by atoms with Crippen LogP contribution >= 0.6 is 23.4 Å². The number of hydrogen-bond donors (Lipinski definition) is 3. The number of amides is 3. The molecule has 2 aliphatic rings. The Labute approximate surface area is 215 Å². The van der Waals surface area contributed by atoms with Crippen LogP contribution in [-0.4, -0.2) is 47.3 Å². The van der Waals surface area contributed by atoms with Gasteiger partial charge in [-0.05, 0) is 25.0 Å². The monoisotopic (exact) mass is 569 g/mol. The van der Waals surface area contributed by atoms with E-state index >= 15 is 0 Å². The average molecular weight is 570 g/mol. The van der Waals surface area contributed by atoms with Crippen molar-refractivity contribution in [1.29, 1.82) is 0 Å². The van der Waals surface area contributed by atoms with Gasteiger partial charge < -0.3 is 25.1 Å². The van der Waals surface area contributed by atoms with E-state index in [4.69, 9.17) is 11.6 Å². The number of fused-ring (bicyclic) bond motifs is 2. The largest absolute Gasteiger partial charge is 0.408 e.